The van der Waals surface area contributed by atoms with Gasteiger partial charge in [0.2, 0.25) is 0 Å². The summed E-state index contributed by atoms with van der Waals surface area (Å²) in [5.41, 5.74) is 2.38. The number of likely N-dealkylation sites (N-methyl/N-ethyl adjacent to an activating group) is 1. The molecule has 0 saturated heterocycles. The molecule has 0 radical (unpaired) electrons. The van der Waals surface area contributed by atoms with Crippen LogP contribution in [0.4, 0.5) is 14.6 Å². The van der Waals surface area contributed by atoms with Crippen molar-refractivity contribution in [3.63, 3.8) is 0 Å². The van der Waals surface area contributed by atoms with E-state index in [9.17, 15) is 23.2 Å². The Morgan fingerprint density at radius 1 is 0.881 bits per heavy atom. The fraction of sp³-hybridized carbons (Fsp3) is 0.250. The third-order valence-electron chi connectivity index (χ3n) is 7.29. The van der Waals surface area contributed by atoms with E-state index in [1.807, 2.05) is 27.8 Å². The van der Waals surface area contributed by atoms with E-state index in [0.717, 1.165) is 23.8 Å². The number of nitrogens with one attached hydrogen (secondary N) is 3. The maximum atomic E-state index is 14.8. The highest BCUT2D eigenvalue weighted by Crippen LogP contribution is 2.26. The summed E-state index contributed by atoms with van der Waals surface area (Å²) in [5.74, 6) is -1.82. The molecule has 1 amide bonds. The summed E-state index contributed by atoms with van der Waals surface area (Å²) in [6, 6.07) is 13.9. The predicted molar refractivity (Wildman–Crippen MR) is 159 cm³/mol. The van der Waals surface area contributed by atoms with E-state index in [2.05, 4.69) is 20.9 Å². The summed E-state index contributed by atoms with van der Waals surface area (Å²) < 4.78 is 29.7. The minimum atomic E-state index is -0.658. The van der Waals surface area contributed by atoms with E-state index in [1.54, 1.807) is 24.4 Å². The fourth-order valence-electron chi connectivity index (χ4n) is 4.56. The lowest BCUT2D eigenvalue weighted by Crippen LogP contribution is -2.40. The summed E-state index contributed by atoms with van der Waals surface area (Å²) >= 11 is 0. The van der Waals surface area contributed by atoms with Crippen LogP contribution in [0, 0.1) is 18.6 Å². The van der Waals surface area contributed by atoms with Gasteiger partial charge in [-0.1, -0.05) is 6.07 Å². The van der Waals surface area contributed by atoms with Gasteiger partial charge in [0.1, 0.15) is 11.6 Å². The highest BCUT2D eigenvalue weighted by molar-refractivity contribution is 6.09. The van der Waals surface area contributed by atoms with Crippen LogP contribution < -0.4 is 21.5 Å². The summed E-state index contributed by atoms with van der Waals surface area (Å²) in [5, 5.41) is 8.89. The molecule has 1 aromatic heterocycles. The zero-order chi connectivity index (χ0) is 30.6. The van der Waals surface area contributed by atoms with Gasteiger partial charge in [0.05, 0.1) is 18.4 Å². The molecule has 1 heterocycles. The molecule has 3 aromatic carbocycles. The Bertz CT molecular complexity index is 1690. The van der Waals surface area contributed by atoms with E-state index in [4.69, 9.17) is 0 Å². The molecular weight excluding hydrogens is 540 g/mol. The molecule has 2 atom stereocenters. The van der Waals surface area contributed by atoms with Crippen molar-refractivity contribution in [1.82, 2.24) is 20.2 Å². The van der Waals surface area contributed by atoms with Gasteiger partial charge < -0.3 is 16.0 Å². The van der Waals surface area contributed by atoms with Crippen LogP contribution in [0.25, 0.3) is 11.3 Å². The van der Waals surface area contributed by atoms with E-state index < -0.39 is 23.0 Å². The van der Waals surface area contributed by atoms with Crippen molar-refractivity contribution in [1.29, 1.82) is 0 Å². The van der Waals surface area contributed by atoms with E-state index >= 15 is 0 Å². The SMILES string of the molecule is CNC(=O)c1ccc(C)c(-c2cnc(NC(C)[C@H](C)NC)c(=O)n2Cc2cc(F)cc(C(=O)c3ccc(F)cc3)c2)c1. The van der Waals surface area contributed by atoms with Crippen LogP contribution in [0.3, 0.4) is 0 Å². The fourth-order valence-corrected chi connectivity index (χ4v) is 4.56. The Morgan fingerprint density at radius 2 is 1.57 bits per heavy atom. The van der Waals surface area contributed by atoms with Gasteiger partial charge in [-0.2, -0.15) is 0 Å². The average Bonchev–Trinajstić information content (AvgIpc) is 2.98. The third-order valence-corrected chi connectivity index (χ3v) is 7.29. The first kappa shape index (κ1) is 30.3. The number of hydrogen-bond acceptors (Lipinski definition) is 6. The second-order valence-corrected chi connectivity index (χ2v) is 10.2. The lowest BCUT2D eigenvalue weighted by molar-refractivity contribution is 0.0962. The first-order chi connectivity index (χ1) is 20.0. The first-order valence-electron chi connectivity index (χ1n) is 13.5. The van der Waals surface area contributed by atoms with Gasteiger partial charge in [0.25, 0.3) is 11.5 Å². The Balaban J connectivity index is 1.84. The molecule has 0 fully saturated rings. The molecule has 3 N–H and O–H groups in total. The van der Waals surface area contributed by atoms with Crippen LogP contribution in [-0.2, 0) is 6.54 Å². The average molecular weight is 574 g/mol. The predicted octanol–water partition coefficient (Wildman–Crippen LogP) is 4.54. The van der Waals surface area contributed by atoms with Crippen molar-refractivity contribution in [3.8, 4) is 11.3 Å². The molecule has 218 valence electrons. The van der Waals surface area contributed by atoms with E-state index in [-0.39, 0.29) is 41.5 Å². The molecule has 10 heteroatoms. The van der Waals surface area contributed by atoms with Gasteiger partial charge in [0.15, 0.2) is 11.6 Å². The smallest absolute Gasteiger partial charge is 0.294 e. The molecule has 0 aliphatic heterocycles. The Morgan fingerprint density at radius 3 is 2.24 bits per heavy atom. The van der Waals surface area contributed by atoms with E-state index in [0.29, 0.717) is 22.4 Å². The number of aromatic nitrogens is 2. The summed E-state index contributed by atoms with van der Waals surface area (Å²) in [6.45, 7) is 5.64. The van der Waals surface area contributed by atoms with Crippen molar-refractivity contribution in [2.45, 2.75) is 39.4 Å². The van der Waals surface area contributed by atoms with Gasteiger partial charge in [0, 0.05) is 41.4 Å². The van der Waals surface area contributed by atoms with Crippen molar-refractivity contribution in [2.24, 2.45) is 0 Å². The second kappa shape index (κ2) is 12.9. The molecule has 0 bridgehead atoms. The molecule has 0 spiro atoms. The number of carbonyl (C=O) groups is 2. The molecule has 0 aliphatic carbocycles. The first-order valence-corrected chi connectivity index (χ1v) is 13.5. The standard InChI is InChI=1S/C32H33F2N5O3/c1-18-6-7-23(31(41)36-5)15-27(18)28-16-37-30(38-20(3)19(2)35-4)32(42)39(28)17-21-12-24(14-26(34)13-21)29(40)22-8-10-25(33)11-9-22/h6-16,19-20,35H,17H2,1-5H3,(H,36,41)(H,37,38)/t19-,20?/m0/s1. The quantitative estimate of drug-likeness (QED) is 0.241. The molecule has 0 saturated carbocycles. The Labute approximate surface area is 242 Å². The van der Waals surface area contributed by atoms with Gasteiger partial charge in [-0.15, -0.1) is 0 Å². The minimum absolute atomic E-state index is 0.0223. The highest BCUT2D eigenvalue weighted by Gasteiger charge is 2.20. The van der Waals surface area contributed by atoms with Crippen molar-refractivity contribution in [3.05, 3.63) is 117 Å². The summed E-state index contributed by atoms with van der Waals surface area (Å²) in [7, 11) is 3.34. The molecular formula is C32H33F2N5O3. The molecule has 8 nitrogen and oxygen atoms in total. The van der Waals surface area contributed by atoms with Crippen LogP contribution >= 0.6 is 0 Å². The van der Waals surface area contributed by atoms with E-state index in [1.165, 1.54) is 35.9 Å². The number of hydrogen-bond donors (Lipinski definition) is 3. The van der Waals surface area contributed by atoms with Crippen LogP contribution in [0.1, 0.15) is 51.3 Å². The monoisotopic (exact) mass is 573 g/mol. The van der Waals surface area contributed by atoms with Crippen LogP contribution in [0.2, 0.25) is 0 Å². The number of ketones is 1. The second-order valence-electron chi connectivity index (χ2n) is 10.2. The minimum Gasteiger partial charge on any atom is -0.361 e. The van der Waals surface area contributed by atoms with Crippen LogP contribution in [-0.4, -0.2) is 47.4 Å². The Hall–Kier alpha value is -4.70. The number of halogens is 2. The van der Waals surface area contributed by atoms with Gasteiger partial charge in [-0.05, 0) is 93.5 Å². The van der Waals surface area contributed by atoms with Gasteiger partial charge in [-0.25, -0.2) is 13.8 Å². The van der Waals surface area contributed by atoms with Crippen molar-refractivity contribution in [2.75, 3.05) is 19.4 Å². The number of anilines is 1. The Kier molecular flexibility index (Phi) is 9.27. The molecule has 4 aromatic rings. The number of rotatable bonds is 10. The summed E-state index contributed by atoms with van der Waals surface area (Å²) in [6.07, 6.45) is 1.54. The molecule has 0 aliphatic rings. The number of nitrogens with zero attached hydrogens (tertiary/aromatic N) is 2. The number of amides is 1. The van der Waals surface area contributed by atoms with Crippen LogP contribution in [0.15, 0.2) is 71.7 Å². The zero-order valence-corrected chi connectivity index (χ0v) is 24.1. The third kappa shape index (κ3) is 6.60. The topological polar surface area (TPSA) is 105 Å². The molecule has 42 heavy (non-hydrogen) atoms. The van der Waals surface area contributed by atoms with Crippen molar-refractivity contribution >= 4 is 17.5 Å². The largest absolute Gasteiger partial charge is 0.361 e. The van der Waals surface area contributed by atoms with Gasteiger partial charge >= 0.3 is 0 Å². The van der Waals surface area contributed by atoms with Crippen molar-refractivity contribution < 1.29 is 18.4 Å². The molecule has 1 unspecified atom stereocenters. The maximum absolute atomic E-state index is 14.8. The lowest BCUT2D eigenvalue weighted by Gasteiger charge is -2.22. The normalized spacial score (nSPS) is 12.5. The number of aryl methyl sites for hydroxylation is 1. The summed E-state index contributed by atoms with van der Waals surface area (Å²) in [4.78, 5) is 43.8. The molecule has 4 rings (SSSR count). The maximum Gasteiger partial charge on any atom is 0.294 e. The number of carbonyl (C=O) groups excluding carboxylic acids is 2. The lowest BCUT2D eigenvalue weighted by atomic mass is 10.00. The van der Waals surface area contributed by atoms with Gasteiger partial charge in [-0.3, -0.25) is 19.0 Å². The number of benzene rings is 3. The highest BCUT2D eigenvalue weighted by atomic mass is 19.1. The van der Waals surface area contributed by atoms with Crippen LogP contribution in [0.5, 0.6) is 0 Å². The zero-order valence-electron chi connectivity index (χ0n) is 24.1.